The highest BCUT2D eigenvalue weighted by molar-refractivity contribution is 5.61. The predicted molar refractivity (Wildman–Crippen MR) is 56.7 cm³/mol. The van der Waals surface area contributed by atoms with Crippen molar-refractivity contribution in [3.05, 3.63) is 56.8 Å². The van der Waals surface area contributed by atoms with Crippen LogP contribution < -0.4 is 0 Å². The van der Waals surface area contributed by atoms with Gasteiger partial charge >= 0.3 is 0 Å². The van der Waals surface area contributed by atoms with Crippen molar-refractivity contribution in [1.82, 2.24) is 9.89 Å². The molecule has 0 spiro atoms. The second-order valence-electron chi connectivity index (χ2n) is 3.17. The molecule has 8 heteroatoms. The first-order valence-electron chi connectivity index (χ1n) is 4.53. The molecule has 0 fully saturated rings. The Balaban J connectivity index is 2.42. The van der Waals surface area contributed by atoms with E-state index in [1.807, 2.05) is 0 Å². The summed E-state index contributed by atoms with van der Waals surface area (Å²) in [6.07, 6.45) is 1.17. The van der Waals surface area contributed by atoms with Crippen molar-refractivity contribution in [2.45, 2.75) is 0 Å². The molecule has 0 bridgehead atoms. The maximum absolute atomic E-state index is 10.6. The van der Waals surface area contributed by atoms with Crippen LogP contribution in [0.1, 0.15) is 0 Å². The number of rotatable bonds is 3. The summed E-state index contributed by atoms with van der Waals surface area (Å²) in [5, 5.41) is 24.0. The van der Waals surface area contributed by atoms with E-state index >= 15 is 0 Å². The molecule has 0 amide bonds. The number of hydrogen-bond acceptors (Lipinski definition) is 5. The number of hydrogen-bond donors (Lipinski definition) is 0. The first-order valence-corrected chi connectivity index (χ1v) is 4.53. The zero-order valence-electron chi connectivity index (χ0n) is 8.39. The average molecular weight is 234 g/mol. The summed E-state index contributed by atoms with van der Waals surface area (Å²) in [6.45, 7) is 0. The Morgan fingerprint density at radius 1 is 1.18 bits per heavy atom. The minimum absolute atomic E-state index is 0.0850. The Morgan fingerprint density at radius 3 is 2.53 bits per heavy atom. The van der Waals surface area contributed by atoms with Crippen LogP contribution in [0.25, 0.3) is 11.3 Å². The summed E-state index contributed by atoms with van der Waals surface area (Å²) in [6, 6.07) is 7.17. The lowest BCUT2D eigenvalue weighted by Crippen LogP contribution is -2.08. The van der Waals surface area contributed by atoms with Gasteiger partial charge in [-0.25, -0.2) is 0 Å². The molecule has 17 heavy (non-hydrogen) atoms. The van der Waals surface area contributed by atoms with E-state index in [0.29, 0.717) is 16.0 Å². The Labute approximate surface area is 94.4 Å². The quantitative estimate of drug-likeness (QED) is 0.591. The van der Waals surface area contributed by atoms with Gasteiger partial charge in [0.1, 0.15) is 6.20 Å². The molecule has 86 valence electrons. The lowest BCUT2D eigenvalue weighted by atomic mass is 10.1. The smallest absolute Gasteiger partial charge is 0.270 e. The van der Waals surface area contributed by atoms with Gasteiger partial charge < -0.3 is 10.1 Å². The molecule has 1 aromatic carbocycles. The minimum atomic E-state index is -0.694. The highest BCUT2D eigenvalue weighted by Crippen LogP contribution is 2.21. The summed E-state index contributed by atoms with van der Waals surface area (Å²) in [7, 11) is 0. The lowest BCUT2D eigenvalue weighted by molar-refractivity contribution is -0.552. The fourth-order valence-electron chi connectivity index (χ4n) is 1.34. The minimum Gasteiger partial charge on any atom is -0.339 e. The molecule has 8 nitrogen and oxygen atoms in total. The molecule has 0 aliphatic carbocycles. The predicted octanol–water partition coefficient (Wildman–Crippen LogP) is 1.50. The maximum Gasteiger partial charge on any atom is 0.270 e. The monoisotopic (exact) mass is 234 g/mol. The van der Waals surface area contributed by atoms with Gasteiger partial charge in [0, 0.05) is 28.6 Å². The molecule has 2 aromatic rings. The van der Waals surface area contributed by atoms with Gasteiger partial charge in [-0.1, -0.05) is 6.07 Å². The summed E-state index contributed by atoms with van der Waals surface area (Å²) in [5.74, 6) is 0. The van der Waals surface area contributed by atoms with Gasteiger partial charge in [0.2, 0.25) is 5.69 Å². The third-order valence-electron chi connectivity index (χ3n) is 2.10. The van der Waals surface area contributed by atoms with Crippen LogP contribution in [-0.4, -0.2) is 19.8 Å². The van der Waals surface area contributed by atoms with Crippen molar-refractivity contribution in [3.63, 3.8) is 0 Å². The van der Waals surface area contributed by atoms with E-state index in [0.717, 1.165) is 0 Å². The van der Waals surface area contributed by atoms with Crippen LogP contribution in [0.2, 0.25) is 0 Å². The van der Waals surface area contributed by atoms with Crippen molar-refractivity contribution in [3.8, 4) is 11.3 Å². The molecule has 2 rings (SSSR count). The number of nitro benzene ring substituents is 1. The van der Waals surface area contributed by atoms with E-state index in [4.69, 9.17) is 0 Å². The van der Waals surface area contributed by atoms with Gasteiger partial charge in [-0.2, -0.15) is 0 Å². The first-order chi connectivity index (χ1) is 8.08. The number of nitro groups is 2. The van der Waals surface area contributed by atoms with Gasteiger partial charge in [0.25, 0.3) is 5.69 Å². The van der Waals surface area contributed by atoms with Crippen LogP contribution >= 0.6 is 0 Å². The normalized spacial score (nSPS) is 10.1. The van der Waals surface area contributed by atoms with E-state index in [2.05, 4.69) is 5.10 Å². The van der Waals surface area contributed by atoms with Crippen LogP contribution in [-0.2, 0) is 0 Å². The maximum atomic E-state index is 10.6. The SMILES string of the molecule is O=[N+]([O-])c1cccc(-c2ccn([N+](=O)[O-])n2)c1. The van der Waals surface area contributed by atoms with Gasteiger partial charge in [-0.15, -0.1) is 0 Å². The molecular weight excluding hydrogens is 228 g/mol. The van der Waals surface area contributed by atoms with E-state index in [1.165, 1.54) is 30.5 Å². The number of benzene rings is 1. The molecule has 1 aromatic heterocycles. The lowest BCUT2D eigenvalue weighted by Gasteiger charge is -1.93. The van der Waals surface area contributed by atoms with Gasteiger partial charge in [-0.3, -0.25) is 10.1 Å². The molecule has 1 heterocycles. The zero-order valence-corrected chi connectivity index (χ0v) is 8.39. The second-order valence-corrected chi connectivity index (χ2v) is 3.17. The first kappa shape index (κ1) is 10.7. The summed E-state index contributed by atoms with van der Waals surface area (Å²) < 4.78 is 0. The van der Waals surface area contributed by atoms with Crippen molar-refractivity contribution < 1.29 is 9.96 Å². The molecule has 0 atom stereocenters. The highest BCUT2D eigenvalue weighted by Gasteiger charge is 2.14. The Kier molecular flexibility index (Phi) is 2.53. The van der Waals surface area contributed by atoms with Gasteiger partial charge in [0.05, 0.1) is 15.1 Å². The molecule has 0 radical (unpaired) electrons. The summed E-state index contributed by atoms with van der Waals surface area (Å²) >= 11 is 0. The van der Waals surface area contributed by atoms with E-state index in [-0.39, 0.29) is 5.69 Å². The molecule has 0 aliphatic rings. The van der Waals surface area contributed by atoms with Crippen molar-refractivity contribution in [2.75, 3.05) is 0 Å². The fourth-order valence-corrected chi connectivity index (χ4v) is 1.34. The largest absolute Gasteiger partial charge is 0.339 e. The second kappa shape index (κ2) is 4.00. The van der Waals surface area contributed by atoms with Crippen LogP contribution in [0.4, 0.5) is 5.69 Å². The summed E-state index contributed by atoms with van der Waals surface area (Å²) in [5.41, 5.74) is 0.684. The highest BCUT2D eigenvalue weighted by atomic mass is 16.7. The van der Waals surface area contributed by atoms with Crippen LogP contribution in [0.3, 0.4) is 0 Å². The molecular formula is C9H6N4O4. The number of aromatic nitrogens is 2. The van der Waals surface area contributed by atoms with E-state index in [1.54, 1.807) is 6.07 Å². The third-order valence-corrected chi connectivity index (χ3v) is 2.10. The average Bonchev–Trinajstić information content (AvgIpc) is 2.78. The standard InChI is InChI=1S/C9H6N4O4/c14-12(15)8-3-1-2-7(6-8)9-4-5-11(10-9)13(16)17/h1-6H. The molecule has 0 N–H and O–H groups in total. The van der Waals surface area contributed by atoms with Gasteiger partial charge in [-0.05, 0) is 6.07 Å². The summed E-state index contributed by atoms with van der Waals surface area (Å²) in [4.78, 5) is 21.0. The van der Waals surface area contributed by atoms with Crippen LogP contribution in [0, 0.1) is 20.2 Å². The fraction of sp³-hybridized carbons (Fsp3) is 0. The van der Waals surface area contributed by atoms with Crippen molar-refractivity contribution in [1.29, 1.82) is 0 Å². The van der Waals surface area contributed by atoms with Crippen LogP contribution in [0.5, 0.6) is 0 Å². The Hall–Kier alpha value is -2.77. The van der Waals surface area contributed by atoms with E-state index in [9.17, 15) is 20.2 Å². The van der Waals surface area contributed by atoms with Crippen molar-refractivity contribution >= 4 is 5.69 Å². The molecule has 0 unspecified atom stereocenters. The van der Waals surface area contributed by atoms with Crippen molar-refractivity contribution in [2.24, 2.45) is 0 Å². The zero-order chi connectivity index (χ0) is 12.4. The third kappa shape index (κ3) is 2.09. The van der Waals surface area contributed by atoms with Gasteiger partial charge in [0.15, 0.2) is 0 Å². The Bertz CT molecular complexity index is 592. The number of nitrogens with zero attached hydrogens (tertiary/aromatic N) is 4. The number of non-ortho nitro benzene ring substituents is 1. The topological polar surface area (TPSA) is 104 Å². The molecule has 0 aliphatic heterocycles. The molecule has 0 saturated carbocycles. The Morgan fingerprint density at radius 2 is 1.94 bits per heavy atom. The van der Waals surface area contributed by atoms with Crippen LogP contribution in [0.15, 0.2) is 36.5 Å². The molecule has 0 saturated heterocycles. The van der Waals surface area contributed by atoms with E-state index < -0.39 is 9.96 Å².